The van der Waals surface area contributed by atoms with Gasteiger partial charge in [0.2, 0.25) is 0 Å². The average Bonchev–Trinajstić information content (AvgIpc) is 2.75. The van der Waals surface area contributed by atoms with Gasteiger partial charge in [0, 0.05) is 17.8 Å². The first-order valence-electron chi connectivity index (χ1n) is 4.94. The fraction of sp³-hybridized carbons (Fsp3) is 0.0833. The van der Waals surface area contributed by atoms with E-state index in [0.717, 1.165) is 0 Å². The standard InChI is InChI=1S/C12H10FNO3/c13-9-2-1-3-10(5-9)17-7-8-4-11(12(15)16)14-6-8/h1-6,14H,7H2,(H,15,16). The molecule has 1 aromatic heterocycles. The van der Waals surface area contributed by atoms with Crippen LogP contribution in [0.2, 0.25) is 0 Å². The number of benzene rings is 1. The lowest BCUT2D eigenvalue weighted by molar-refractivity contribution is 0.0691. The largest absolute Gasteiger partial charge is 0.489 e. The van der Waals surface area contributed by atoms with E-state index in [-0.39, 0.29) is 18.1 Å². The van der Waals surface area contributed by atoms with Crippen molar-refractivity contribution in [1.29, 1.82) is 0 Å². The molecule has 0 atom stereocenters. The first kappa shape index (κ1) is 11.2. The van der Waals surface area contributed by atoms with Crippen molar-refractivity contribution in [2.24, 2.45) is 0 Å². The molecule has 0 bridgehead atoms. The maximum absolute atomic E-state index is 12.8. The van der Waals surface area contributed by atoms with Gasteiger partial charge in [-0.15, -0.1) is 0 Å². The Morgan fingerprint density at radius 3 is 2.88 bits per heavy atom. The zero-order chi connectivity index (χ0) is 12.3. The van der Waals surface area contributed by atoms with E-state index in [1.807, 2.05) is 0 Å². The molecular weight excluding hydrogens is 225 g/mol. The summed E-state index contributed by atoms with van der Waals surface area (Å²) >= 11 is 0. The monoisotopic (exact) mass is 235 g/mol. The molecule has 0 radical (unpaired) electrons. The Hall–Kier alpha value is -2.30. The third-order valence-corrected chi connectivity index (χ3v) is 2.17. The Kier molecular flexibility index (Phi) is 3.09. The third kappa shape index (κ3) is 2.84. The molecule has 4 nitrogen and oxygen atoms in total. The zero-order valence-electron chi connectivity index (χ0n) is 8.81. The average molecular weight is 235 g/mol. The van der Waals surface area contributed by atoms with E-state index in [1.54, 1.807) is 18.3 Å². The predicted octanol–water partition coefficient (Wildman–Crippen LogP) is 2.43. The van der Waals surface area contributed by atoms with Crippen LogP contribution >= 0.6 is 0 Å². The smallest absolute Gasteiger partial charge is 0.352 e. The van der Waals surface area contributed by atoms with Gasteiger partial charge in [0.1, 0.15) is 23.9 Å². The van der Waals surface area contributed by atoms with Gasteiger partial charge in [-0.3, -0.25) is 0 Å². The molecule has 0 aliphatic rings. The highest BCUT2D eigenvalue weighted by Gasteiger charge is 2.06. The first-order chi connectivity index (χ1) is 8.15. The van der Waals surface area contributed by atoms with Gasteiger partial charge in [0.15, 0.2) is 0 Å². The molecule has 5 heteroatoms. The zero-order valence-corrected chi connectivity index (χ0v) is 8.81. The van der Waals surface area contributed by atoms with Crippen molar-refractivity contribution in [3.05, 3.63) is 53.6 Å². The number of aromatic nitrogens is 1. The highest BCUT2D eigenvalue weighted by Crippen LogP contribution is 2.14. The van der Waals surface area contributed by atoms with Gasteiger partial charge >= 0.3 is 5.97 Å². The van der Waals surface area contributed by atoms with E-state index in [0.29, 0.717) is 11.3 Å². The molecule has 0 fully saturated rings. The second kappa shape index (κ2) is 4.69. The van der Waals surface area contributed by atoms with E-state index in [2.05, 4.69) is 4.98 Å². The Morgan fingerprint density at radius 1 is 1.41 bits per heavy atom. The van der Waals surface area contributed by atoms with Crippen LogP contribution in [-0.4, -0.2) is 16.1 Å². The molecule has 0 aliphatic carbocycles. The fourth-order valence-corrected chi connectivity index (χ4v) is 1.37. The van der Waals surface area contributed by atoms with Crippen molar-refractivity contribution in [2.45, 2.75) is 6.61 Å². The lowest BCUT2D eigenvalue weighted by Gasteiger charge is -2.03. The maximum Gasteiger partial charge on any atom is 0.352 e. The number of carboxylic acid groups (broad SMARTS) is 1. The summed E-state index contributed by atoms with van der Waals surface area (Å²) in [6, 6.07) is 7.25. The Balaban J connectivity index is 2.00. The van der Waals surface area contributed by atoms with Crippen molar-refractivity contribution in [3.63, 3.8) is 0 Å². The minimum Gasteiger partial charge on any atom is -0.489 e. The molecule has 2 aromatic rings. The van der Waals surface area contributed by atoms with Gasteiger partial charge in [-0.1, -0.05) is 6.07 Å². The second-order valence-corrected chi connectivity index (χ2v) is 3.47. The molecule has 1 aromatic carbocycles. The molecule has 1 heterocycles. The summed E-state index contributed by atoms with van der Waals surface area (Å²) in [4.78, 5) is 13.2. The lowest BCUT2D eigenvalue weighted by atomic mass is 10.3. The summed E-state index contributed by atoms with van der Waals surface area (Å²) in [5.74, 6) is -0.993. The van der Waals surface area contributed by atoms with Crippen LogP contribution in [0.4, 0.5) is 4.39 Å². The van der Waals surface area contributed by atoms with Crippen molar-refractivity contribution in [3.8, 4) is 5.75 Å². The van der Waals surface area contributed by atoms with Crippen LogP contribution in [-0.2, 0) is 6.61 Å². The number of aromatic amines is 1. The minimum atomic E-state index is -1.03. The van der Waals surface area contributed by atoms with Crippen molar-refractivity contribution in [2.75, 3.05) is 0 Å². The number of carboxylic acids is 1. The summed E-state index contributed by atoms with van der Waals surface area (Å²) in [6.45, 7) is 0.188. The van der Waals surface area contributed by atoms with Crippen LogP contribution < -0.4 is 4.74 Å². The normalized spacial score (nSPS) is 10.2. The van der Waals surface area contributed by atoms with Gasteiger partial charge in [0.05, 0.1) is 0 Å². The number of ether oxygens (including phenoxy) is 1. The van der Waals surface area contributed by atoms with Crippen molar-refractivity contribution >= 4 is 5.97 Å². The first-order valence-corrected chi connectivity index (χ1v) is 4.94. The topological polar surface area (TPSA) is 62.3 Å². The molecule has 0 aliphatic heterocycles. The highest BCUT2D eigenvalue weighted by atomic mass is 19.1. The van der Waals surface area contributed by atoms with Crippen LogP contribution in [0.5, 0.6) is 5.75 Å². The molecule has 0 spiro atoms. The maximum atomic E-state index is 12.8. The van der Waals surface area contributed by atoms with Crippen LogP contribution in [0, 0.1) is 5.82 Å². The van der Waals surface area contributed by atoms with E-state index in [9.17, 15) is 9.18 Å². The van der Waals surface area contributed by atoms with Crippen molar-refractivity contribution < 1.29 is 19.0 Å². The van der Waals surface area contributed by atoms with Crippen LogP contribution in [0.1, 0.15) is 16.1 Å². The Morgan fingerprint density at radius 2 is 2.24 bits per heavy atom. The highest BCUT2D eigenvalue weighted by molar-refractivity contribution is 5.85. The summed E-state index contributed by atoms with van der Waals surface area (Å²) in [7, 11) is 0. The SMILES string of the molecule is O=C(O)c1cc(COc2cccc(F)c2)c[nH]1. The van der Waals surface area contributed by atoms with Crippen LogP contribution in [0.15, 0.2) is 36.5 Å². The number of carbonyl (C=O) groups is 1. The van der Waals surface area contributed by atoms with Gasteiger partial charge in [-0.2, -0.15) is 0 Å². The predicted molar refractivity (Wildman–Crippen MR) is 58.5 cm³/mol. The molecule has 0 amide bonds. The number of hydrogen-bond acceptors (Lipinski definition) is 2. The van der Waals surface area contributed by atoms with E-state index < -0.39 is 5.97 Å². The van der Waals surface area contributed by atoms with Gasteiger partial charge in [-0.05, 0) is 18.2 Å². The van der Waals surface area contributed by atoms with Crippen LogP contribution in [0.3, 0.4) is 0 Å². The molecule has 2 rings (SSSR count). The second-order valence-electron chi connectivity index (χ2n) is 3.47. The Labute approximate surface area is 96.7 Å². The molecule has 2 N–H and O–H groups in total. The molecule has 0 unspecified atom stereocenters. The summed E-state index contributed by atoms with van der Waals surface area (Å²) in [5.41, 5.74) is 0.787. The molecule has 0 saturated heterocycles. The third-order valence-electron chi connectivity index (χ3n) is 2.17. The molecule has 17 heavy (non-hydrogen) atoms. The van der Waals surface area contributed by atoms with E-state index in [1.165, 1.54) is 18.2 Å². The van der Waals surface area contributed by atoms with Crippen molar-refractivity contribution in [1.82, 2.24) is 4.98 Å². The summed E-state index contributed by atoms with van der Waals surface area (Å²) < 4.78 is 18.2. The number of nitrogens with one attached hydrogen (secondary N) is 1. The summed E-state index contributed by atoms with van der Waals surface area (Å²) in [5, 5.41) is 8.70. The van der Waals surface area contributed by atoms with Gasteiger partial charge < -0.3 is 14.8 Å². The molecule has 0 saturated carbocycles. The van der Waals surface area contributed by atoms with E-state index >= 15 is 0 Å². The number of hydrogen-bond donors (Lipinski definition) is 2. The number of halogens is 1. The van der Waals surface area contributed by atoms with Gasteiger partial charge in [0.25, 0.3) is 0 Å². The Bertz CT molecular complexity index is 536. The minimum absolute atomic E-state index is 0.0999. The number of rotatable bonds is 4. The molecular formula is C12H10FNO3. The van der Waals surface area contributed by atoms with Crippen LogP contribution in [0.25, 0.3) is 0 Å². The fourth-order valence-electron chi connectivity index (χ4n) is 1.37. The van der Waals surface area contributed by atoms with E-state index in [4.69, 9.17) is 9.84 Å². The molecule has 88 valence electrons. The summed E-state index contributed by atoms with van der Waals surface area (Å²) in [6.07, 6.45) is 1.54. The number of aromatic carboxylic acids is 1. The quantitative estimate of drug-likeness (QED) is 0.855. The number of H-pyrrole nitrogens is 1. The lowest BCUT2D eigenvalue weighted by Crippen LogP contribution is -1.96. The van der Waals surface area contributed by atoms with Gasteiger partial charge in [-0.25, -0.2) is 9.18 Å².